The molecule has 6 heteroatoms. The maximum Gasteiger partial charge on any atom is 0.225 e. The molecule has 1 saturated carbocycles. The number of amides is 2. The number of carbonyl (C=O) groups excluding carboxylic acids is 2. The summed E-state index contributed by atoms with van der Waals surface area (Å²) in [4.78, 5) is 27.1. The molecule has 0 aromatic heterocycles. The minimum atomic E-state index is -0.0746. The van der Waals surface area contributed by atoms with E-state index >= 15 is 0 Å². The summed E-state index contributed by atoms with van der Waals surface area (Å²) in [6.07, 6.45) is 3.56. The van der Waals surface area contributed by atoms with E-state index in [0.29, 0.717) is 26.3 Å². The zero-order valence-electron chi connectivity index (χ0n) is 16.8. The van der Waals surface area contributed by atoms with Gasteiger partial charge in [0.25, 0.3) is 0 Å². The van der Waals surface area contributed by atoms with Crippen molar-refractivity contribution >= 4 is 11.8 Å². The molecule has 6 nitrogen and oxygen atoms in total. The average molecular weight is 386 g/mol. The van der Waals surface area contributed by atoms with Crippen molar-refractivity contribution in [3.63, 3.8) is 0 Å². The maximum atomic E-state index is 12.9. The van der Waals surface area contributed by atoms with Crippen LogP contribution in [0.2, 0.25) is 0 Å². The van der Waals surface area contributed by atoms with Crippen LogP contribution in [0.25, 0.3) is 0 Å². The van der Waals surface area contributed by atoms with Crippen LogP contribution < -0.4 is 14.8 Å². The van der Waals surface area contributed by atoms with Crippen molar-refractivity contribution < 1.29 is 19.1 Å². The molecule has 2 aliphatic heterocycles. The van der Waals surface area contributed by atoms with Gasteiger partial charge in [-0.25, -0.2) is 0 Å². The first kappa shape index (κ1) is 19.1. The van der Waals surface area contributed by atoms with Crippen LogP contribution in [-0.4, -0.2) is 43.0 Å². The molecule has 1 aromatic rings. The molecule has 1 aromatic carbocycles. The van der Waals surface area contributed by atoms with Gasteiger partial charge in [0.05, 0.1) is 6.04 Å². The molecule has 3 aliphatic rings. The summed E-state index contributed by atoms with van der Waals surface area (Å²) in [6, 6.07) is 5.84. The Hall–Kier alpha value is -2.24. The van der Waals surface area contributed by atoms with Gasteiger partial charge in [0, 0.05) is 24.9 Å². The summed E-state index contributed by atoms with van der Waals surface area (Å²) in [5.74, 6) is 2.37. The lowest BCUT2D eigenvalue weighted by molar-refractivity contribution is -0.137. The van der Waals surface area contributed by atoms with Gasteiger partial charge in [-0.05, 0) is 49.3 Å². The van der Waals surface area contributed by atoms with Crippen molar-refractivity contribution in [2.45, 2.75) is 45.6 Å². The summed E-state index contributed by atoms with van der Waals surface area (Å²) in [5, 5.41) is 3.25. The second kappa shape index (κ2) is 8.02. The van der Waals surface area contributed by atoms with Crippen LogP contribution in [-0.2, 0) is 9.59 Å². The van der Waals surface area contributed by atoms with E-state index in [2.05, 4.69) is 19.2 Å². The fourth-order valence-corrected chi connectivity index (χ4v) is 4.11. The first-order valence-corrected chi connectivity index (χ1v) is 10.5. The summed E-state index contributed by atoms with van der Waals surface area (Å²) < 4.78 is 11.3. The smallest absolute Gasteiger partial charge is 0.225 e. The van der Waals surface area contributed by atoms with Gasteiger partial charge in [-0.1, -0.05) is 19.9 Å². The van der Waals surface area contributed by atoms with E-state index in [1.54, 1.807) is 0 Å². The first-order chi connectivity index (χ1) is 13.5. The number of fused-ring (bicyclic) bond motifs is 1. The van der Waals surface area contributed by atoms with Crippen LogP contribution in [0.15, 0.2) is 18.2 Å². The highest BCUT2D eigenvalue weighted by atomic mass is 16.6. The molecule has 4 rings (SSSR count). The van der Waals surface area contributed by atoms with E-state index in [9.17, 15) is 9.59 Å². The molecule has 1 unspecified atom stereocenters. The lowest BCUT2D eigenvalue weighted by atomic mass is 9.92. The van der Waals surface area contributed by atoms with E-state index in [-0.39, 0.29) is 35.6 Å². The molecule has 0 spiro atoms. The first-order valence-electron chi connectivity index (χ1n) is 10.5. The molecule has 2 amide bonds. The Labute approximate surface area is 166 Å². The zero-order valence-corrected chi connectivity index (χ0v) is 16.8. The molecule has 1 saturated heterocycles. The largest absolute Gasteiger partial charge is 0.486 e. The third-order valence-electron chi connectivity index (χ3n) is 5.99. The maximum absolute atomic E-state index is 12.9. The van der Waals surface area contributed by atoms with E-state index in [4.69, 9.17) is 9.47 Å². The highest BCUT2D eigenvalue weighted by Crippen LogP contribution is 2.35. The Balaban J connectivity index is 1.38. The third-order valence-corrected chi connectivity index (χ3v) is 5.99. The molecule has 1 aliphatic carbocycles. The Morgan fingerprint density at radius 2 is 1.68 bits per heavy atom. The minimum Gasteiger partial charge on any atom is -0.486 e. The molecule has 0 bridgehead atoms. The van der Waals surface area contributed by atoms with Crippen LogP contribution in [0.5, 0.6) is 11.5 Å². The Morgan fingerprint density at radius 1 is 1.00 bits per heavy atom. The van der Waals surface area contributed by atoms with Crippen LogP contribution in [0.1, 0.15) is 51.1 Å². The number of piperidine rings is 1. The highest BCUT2D eigenvalue weighted by Gasteiger charge is 2.36. The van der Waals surface area contributed by atoms with Crippen LogP contribution in [0.4, 0.5) is 0 Å². The Kier molecular flexibility index (Phi) is 5.47. The van der Waals surface area contributed by atoms with Gasteiger partial charge in [-0.15, -0.1) is 0 Å². The predicted molar refractivity (Wildman–Crippen MR) is 105 cm³/mol. The van der Waals surface area contributed by atoms with E-state index < -0.39 is 0 Å². The van der Waals surface area contributed by atoms with Crippen molar-refractivity contribution in [2.75, 3.05) is 26.3 Å². The summed E-state index contributed by atoms with van der Waals surface area (Å²) in [7, 11) is 0. The fourth-order valence-electron chi connectivity index (χ4n) is 4.11. The number of hydrogen-bond donors (Lipinski definition) is 1. The SMILES string of the molecule is CC(C)C(NC(=O)C1CCN(C(=O)C2CC2)CC1)c1ccc2c(c1)OCCO2. The van der Waals surface area contributed by atoms with Crippen LogP contribution >= 0.6 is 0 Å². The van der Waals surface area contributed by atoms with Gasteiger partial charge in [-0.3, -0.25) is 9.59 Å². The average Bonchev–Trinajstić information content (AvgIpc) is 3.56. The minimum absolute atomic E-state index is 0.0262. The Bertz CT molecular complexity index is 736. The second-order valence-corrected chi connectivity index (χ2v) is 8.51. The Morgan fingerprint density at radius 3 is 2.32 bits per heavy atom. The number of hydrogen-bond acceptors (Lipinski definition) is 4. The molecule has 28 heavy (non-hydrogen) atoms. The number of likely N-dealkylation sites (tertiary alicyclic amines) is 1. The van der Waals surface area contributed by atoms with Gasteiger partial charge >= 0.3 is 0 Å². The highest BCUT2D eigenvalue weighted by molar-refractivity contribution is 5.82. The standard InChI is InChI=1S/C22H30N2O4/c1-14(2)20(17-5-6-18-19(13-17)28-12-11-27-18)23-21(25)15-7-9-24(10-8-15)22(26)16-3-4-16/h5-6,13-16,20H,3-4,7-12H2,1-2H3,(H,23,25). The van der Waals surface area contributed by atoms with E-state index in [1.165, 1.54) is 0 Å². The summed E-state index contributed by atoms with van der Waals surface area (Å²) >= 11 is 0. The molecule has 0 radical (unpaired) electrons. The van der Waals surface area contributed by atoms with Gasteiger partial charge in [-0.2, -0.15) is 0 Å². The van der Waals surface area contributed by atoms with Gasteiger partial charge in [0.15, 0.2) is 11.5 Å². The predicted octanol–water partition coefficient (Wildman–Crippen LogP) is 2.92. The molecular weight excluding hydrogens is 356 g/mol. The molecular formula is C22H30N2O4. The molecule has 2 fully saturated rings. The lowest BCUT2D eigenvalue weighted by Crippen LogP contribution is -2.44. The topological polar surface area (TPSA) is 67.9 Å². The summed E-state index contributed by atoms with van der Waals surface area (Å²) in [6.45, 7) is 6.73. The van der Waals surface area contributed by atoms with E-state index in [1.807, 2.05) is 23.1 Å². The fraction of sp³-hybridized carbons (Fsp3) is 0.636. The van der Waals surface area contributed by atoms with Crippen molar-refractivity contribution in [1.29, 1.82) is 0 Å². The second-order valence-electron chi connectivity index (χ2n) is 8.51. The van der Waals surface area contributed by atoms with Crippen LogP contribution in [0, 0.1) is 17.8 Å². The number of nitrogens with zero attached hydrogens (tertiary/aromatic N) is 1. The van der Waals surface area contributed by atoms with Gasteiger partial charge in [0.2, 0.25) is 11.8 Å². The van der Waals surface area contributed by atoms with E-state index in [0.717, 1.165) is 42.7 Å². The van der Waals surface area contributed by atoms with Crippen molar-refractivity contribution in [1.82, 2.24) is 10.2 Å². The number of nitrogens with one attached hydrogen (secondary N) is 1. The number of benzene rings is 1. The molecule has 1 atom stereocenters. The van der Waals surface area contributed by atoms with Crippen molar-refractivity contribution in [3.8, 4) is 11.5 Å². The number of carbonyl (C=O) groups is 2. The monoisotopic (exact) mass is 386 g/mol. The quantitative estimate of drug-likeness (QED) is 0.845. The zero-order chi connectivity index (χ0) is 19.7. The molecule has 1 N–H and O–H groups in total. The lowest BCUT2D eigenvalue weighted by Gasteiger charge is -2.33. The van der Waals surface area contributed by atoms with Crippen molar-refractivity contribution in [2.24, 2.45) is 17.8 Å². The third kappa shape index (κ3) is 4.10. The van der Waals surface area contributed by atoms with Crippen LogP contribution in [0.3, 0.4) is 0 Å². The molecule has 2 heterocycles. The van der Waals surface area contributed by atoms with Gasteiger partial charge in [0.1, 0.15) is 13.2 Å². The number of rotatable bonds is 5. The summed E-state index contributed by atoms with van der Waals surface area (Å²) in [5.41, 5.74) is 1.04. The van der Waals surface area contributed by atoms with Crippen molar-refractivity contribution in [3.05, 3.63) is 23.8 Å². The normalized spacial score (nSPS) is 20.8. The van der Waals surface area contributed by atoms with Gasteiger partial charge < -0.3 is 19.7 Å². The molecule has 152 valence electrons. The number of ether oxygens (including phenoxy) is 2.